The number of benzene rings is 1. The van der Waals surface area contributed by atoms with Gasteiger partial charge in [-0.05, 0) is 56.6 Å². The first-order chi connectivity index (χ1) is 8.93. The standard InChI is InChI=1S/C17H27NO/c1-12-6-7-15(13(2)16(12)19-5)18-14-8-10-17(3,4)11-9-14/h6-7,14,18H,8-11H2,1-5H3. The molecule has 0 aliphatic heterocycles. The Labute approximate surface area is 117 Å². The van der Waals surface area contributed by atoms with Gasteiger partial charge in [-0.15, -0.1) is 0 Å². The third-order valence-electron chi connectivity index (χ3n) is 4.51. The Morgan fingerprint density at radius 3 is 2.37 bits per heavy atom. The number of hydrogen-bond donors (Lipinski definition) is 1. The van der Waals surface area contributed by atoms with Crippen LogP contribution in [0.4, 0.5) is 5.69 Å². The Kier molecular flexibility index (Phi) is 4.07. The summed E-state index contributed by atoms with van der Waals surface area (Å²) in [6.07, 6.45) is 5.16. The molecule has 2 rings (SSSR count). The van der Waals surface area contributed by atoms with Gasteiger partial charge in [0.1, 0.15) is 5.75 Å². The molecule has 0 radical (unpaired) electrons. The molecule has 0 bridgehead atoms. The van der Waals surface area contributed by atoms with Crippen LogP contribution in [0, 0.1) is 19.3 Å². The van der Waals surface area contributed by atoms with Crippen LogP contribution in [0.5, 0.6) is 5.75 Å². The molecule has 1 aromatic rings. The topological polar surface area (TPSA) is 21.3 Å². The fourth-order valence-electron chi connectivity index (χ4n) is 3.06. The molecule has 0 aromatic heterocycles. The van der Waals surface area contributed by atoms with E-state index in [1.165, 1.54) is 42.5 Å². The quantitative estimate of drug-likeness (QED) is 0.852. The smallest absolute Gasteiger partial charge is 0.126 e. The predicted octanol–water partition coefficient (Wildman–Crippen LogP) is 4.69. The van der Waals surface area contributed by atoms with Gasteiger partial charge in [-0.1, -0.05) is 19.9 Å². The first-order valence-corrected chi connectivity index (χ1v) is 7.34. The van der Waals surface area contributed by atoms with E-state index in [9.17, 15) is 0 Å². The highest BCUT2D eigenvalue weighted by atomic mass is 16.5. The molecule has 1 fully saturated rings. The van der Waals surface area contributed by atoms with Gasteiger partial charge in [0.2, 0.25) is 0 Å². The molecule has 0 heterocycles. The summed E-state index contributed by atoms with van der Waals surface area (Å²) in [4.78, 5) is 0. The van der Waals surface area contributed by atoms with Crippen LogP contribution in [-0.4, -0.2) is 13.2 Å². The van der Waals surface area contributed by atoms with Crippen molar-refractivity contribution in [3.8, 4) is 5.75 Å². The highest BCUT2D eigenvalue weighted by Crippen LogP contribution is 2.37. The monoisotopic (exact) mass is 261 g/mol. The number of methoxy groups -OCH3 is 1. The minimum atomic E-state index is 0.526. The van der Waals surface area contributed by atoms with Gasteiger partial charge in [0.15, 0.2) is 0 Å². The van der Waals surface area contributed by atoms with Crippen molar-refractivity contribution in [3.05, 3.63) is 23.3 Å². The van der Waals surface area contributed by atoms with E-state index in [2.05, 4.69) is 45.1 Å². The predicted molar refractivity (Wildman–Crippen MR) is 82.1 cm³/mol. The van der Waals surface area contributed by atoms with Crippen molar-refractivity contribution in [1.29, 1.82) is 0 Å². The Balaban J connectivity index is 2.08. The van der Waals surface area contributed by atoms with Crippen LogP contribution in [-0.2, 0) is 0 Å². The van der Waals surface area contributed by atoms with E-state index in [4.69, 9.17) is 4.74 Å². The normalized spacial score (nSPS) is 19.2. The minimum absolute atomic E-state index is 0.526. The lowest BCUT2D eigenvalue weighted by Crippen LogP contribution is -2.30. The van der Waals surface area contributed by atoms with E-state index in [1.54, 1.807) is 7.11 Å². The molecule has 0 saturated heterocycles. The van der Waals surface area contributed by atoms with E-state index in [1.807, 2.05) is 0 Å². The largest absolute Gasteiger partial charge is 0.496 e. The maximum absolute atomic E-state index is 5.50. The summed E-state index contributed by atoms with van der Waals surface area (Å²) in [5.74, 6) is 1.01. The number of nitrogens with one attached hydrogen (secondary N) is 1. The van der Waals surface area contributed by atoms with Gasteiger partial charge in [-0.25, -0.2) is 0 Å². The molecule has 1 aromatic carbocycles. The molecule has 0 atom stereocenters. The van der Waals surface area contributed by atoms with Crippen LogP contribution >= 0.6 is 0 Å². The Bertz CT molecular complexity index is 441. The zero-order valence-corrected chi connectivity index (χ0v) is 13.0. The second-order valence-corrected chi connectivity index (χ2v) is 6.67. The molecule has 1 N–H and O–H groups in total. The molecular formula is C17H27NO. The highest BCUT2D eigenvalue weighted by molar-refractivity contribution is 5.60. The van der Waals surface area contributed by atoms with Crippen molar-refractivity contribution < 1.29 is 4.74 Å². The van der Waals surface area contributed by atoms with Gasteiger partial charge in [0.25, 0.3) is 0 Å². The number of hydrogen-bond acceptors (Lipinski definition) is 2. The van der Waals surface area contributed by atoms with Crippen molar-refractivity contribution in [2.45, 2.75) is 59.4 Å². The maximum Gasteiger partial charge on any atom is 0.126 e. The summed E-state index contributed by atoms with van der Waals surface area (Å²) in [5.41, 5.74) is 4.19. The summed E-state index contributed by atoms with van der Waals surface area (Å²) in [6, 6.07) is 4.94. The molecule has 0 unspecified atom stereocenters. The van der Waals surface area contributed by atoms with E-state index in [0.29, 0.717) is 11.5 Å². The molecule has 106 valence electrons. The van der Waals surface area contributed by atoms with Crippen LogP contribution in [0.2, 0.25) is 0 Å². The zero-order valence-electron chi connectivity index (χ0n) is 13.0. The molecule has 1 saturated carbocycles. The summed E-state index contributed by atoms with van der Waals surface area (Å²) < 4.78 is 5.50. The summed E-state index contributed by atoms with van der Waals surface area (Å²) in [6.45, 7) is 8.99. The van der Waals surface area contributed by atoms with Crippen molar-refractivity contribution in [1.82, 2.24) is 0 Å². The average Bonchev–Trinajstić information content (AvgIpc) is 2.36. The van der Waals surface area contributed by atoms with Gasteiger partial charge in [0, 0.05) is 17.3 Å². The van der Waals surface area contributed by atoms with Gasteiger partial charge < -0.3 is 10.1 Å². The third-order valence-corrected chi connectivity index (χ3v) is 4.51. The van der Waals surface area contributed by atoms with Crippen molar-refractivity contribution in [2.75, 3.05) is 12.4 Å². The van der Waals surface area contributed by atoms with E-state index >= 15 is 0 Å². The lowest BCUT2D eigenvalue weighted by molar-refractivity contribution is 0.232. The first kappa shape index (κ1) is 14.2. The number of rotatable bonds is 3. The number of aryl methyl sites for hydroxylation is 1. The summed E-state index contributed by atoms with van der Waals surface area (Å²) >= 11 is 0. The van der Waals surface area contributed by atoms with Gasteiger partial charge in [-0.3, -0.25) is 0 Å². The Hall–Kier alpha value is -1.18. The average molecular weight is 261 g/mol. The highest BCUT2D eigenvalue weighted by Gasteiger charge is 2.27. The lowest BCUT2D eigenvalue weighted by Gasteiger charge is -2.35. The van der Waals surface area contributed by atoms with Crippen LogP contribution < -0.4 is 10.1 Å². The first-order valence-electron chi connectivity index (χ1n) is 7.34. The number of anilines is 1. The maximum atomic E-state index is 5.50. The molecule has 0 amide bonds. The molecule has 1 aliphatic carbocycles. The van der Waals surface area contributed by atoms with Crippen LogP contribution in [0.25, 0.3) is 0 Å². The second kappa shape index (κ2) is 5.44. The molecule has 19 heavy (non-hydrogen) atoms. The molecular weight excluding hydrogens is 234 g/mol. The molecule has 2 nitrogen and oxygen atoms in total. The number of ether oxygens (including phenoxy) is 1. The SMILES string of the molecule is COc1c(C)ccc(NC2CCC(C)(C)CC2)c1C. The van der Waals surface area contributed by atoms with Gasteiger partial charge in [0.05, 0.1) is 7.11 Å². The molecule has 0 spiro atoms. The molecule has 1 aliphatic rings. The van der Waals surface area contributed by atoms with Crippen molar-refractivity contribution in [3.63, 3.8) is 0 Å². The van der Waals surface area contributed by atoms with Crippen molar-refractivity contribution in [2.24, 2.45) is 5.41 Å². The third kappa shape index (κ3) is 3.23. The molecule has 2 heteroatoms. The van der Waals surface area contributed by atoms with Crippen molar-refractivity contribution >= 4 is 5.69 Å². The second-order valence-electron chi connectivity index (χ2n) is 6.67. The fourth-order valence-corrected chi connectivity index (χ4v) is 3.06. The summed E-state index contributed by atoms with van der Waals surface area (Å²) in [7, 11) is 1.75. The van der Waals surface area contributed by atoms with Gasteiger partial charge in [-0.2, -0.15) is 0 Å². The Morgan fingerprint density at radius 2 is 1.79 bits per heavy atom. The Morgan fingerprint density at radius 1 is 1.16 bits per heavy atom. The van der Waals surface area contributed by atoms with E-state index in [0.717, 1.165) is 5.75 Å². The van der Waals surface area contributed by atoms with Crippen LogP contribution in [0.1, 0.15) is 50.7 Å². The van der Waals surface area contributed by atoms with E-state index < -0.39 is 0 Å². The lowest BCUT2D eigenvalue weighted by atomic mass is 9.75. The zero-order chi connectivity index (χ0) is 14.0. The van der Waals surface area contributed by atoms with Gasteiger partial charge >= 0.3 is 0 Å². The summed E-state index contributed by atoms with van der Waals surface area (Å²) in [5, 5.41) is 3.71. The minimum Gasteiger partial charge on any atom is -0.496 e. The van der Waals surface area contributed by atoms with Crippen LogP contribution in [0.15, 0.2) is 12.1 Å². The van der Waals surface area contributed by atoms with E-state index in [-0.39, 0.29) is 0 Å². The van der Waals surface area contributed by atoms with Crippen LogP contribution in [0.3, 0.4) is 0 Å². The fraction of sp³-hybridized carbons (Fsp3) is 0.647.